The van der Waals surface area contributed by atoms with Crippen LogP contribution < -0.4 is 11.1 Å². The number of nitrogens with two attached hydrogens (primary N) is 1. The lowest BCUT2D eigenvalue weighted by molar-refractivity contribution is -0.122. The van der Waals surface area contributed by atoms with E-state index in [2.05, 4.69) is 5.32 Å². The molecular formula is C14H20N2O3. The van der Waals surface area contributed by atoms with Crippen molar-refractivity contribution in [3.05, 3.63) is 23.7 Å². The van der Waals surface area contributed by atoms with Gasteiger partial charge in [0, 0.05) is 12.0 Å². The van der Waals surface area contributed by atoms with Gasteiger partial charge in [-0.15, -0.1) is 0 Å². The topological polar surface area (TPSA) is 85.3 Å². The first-order valence-electron chi connectivity index (χ1n) is 6.74. The quantitative estimate of drug-likeness (QED) is 0.854. The number of furan rings is 1. The van der Waals surface area contributed by atoms with Crippen LogP contribution in [0.3, 0.4) is 0 Å². The van der Waals surface area contributed by atoms with Crippen LogP contribution in [0, 0.1) is 5.92 Å². The van der Waals surface area contributed by atoms with Crippen molar-refractivity contribution in [1.82, 2.24) is 5.32 Å². The summed E-state index contributed by atoms with van der Waals surface area (Å²) in [6.07, 6.45) is 6.82. The van der Waals surface area contributed by atoms with Gasteiger partial charge in [0.15, 0.2) is 5.76 Å². The first kappa shape index (κ1) is 13.6. The molecule has 1 atom stereocenters. The van der Waals surface area contributed by atoms with Crippen LogP contribution >= 0.6 is 0 Å². The molecule has 1 aromatic heterocycles. The van der Waals surface area contributed by atoms with E-state index >= 15 is 0 Å². The van der Waals surface area contributed by atoms with E-state index in [0.717, 1.165) is 18.4 Å². The van der Waals surface area contributed by atoms with Crippen LogP contribution in [0.4, 0.5) is 0 Å². The van der Waals surface area contributed by atoms with Crippen LogP contribution in [-0.2, 0) is 4.79 Å². The Bertz CT molecular complexity index is 461. The van der Waals surface area contributed by atoms with E-state index in [1.165, 1.54) is 19.1 Å². The van der Waals surface area contributed by atoms with Crippen LogP contribution in [0.25, 0.3) is 0 Å². The molecule has 1 aliphatic rings. The smallest absolute Gasteiger partial charge is 0.284 e. The fourth-order valence-corrected chi connectivity index (χ4v) is 2.57. The Morgan fingerprint density at radius 2 is 2.16 bits per heavy atom. The van der Waals surface area contributed by atoms with Crippen LogP contribution in [-0.4, -0.2) is 11.8 Å². The van der Waals surface area contributed by atoms with Gasteiger partial charge in [-0.3, -0.25) is 9.59 Å². The van der Waals surface area contributed by atoms with E-state index < -0.39 is 5.91 Å². The molecule has 5 nitrogen and oxygen atoms in total. The standard InChI is InChI=1S/C14H20N2O3/c1-9(11-7-12(14(15)18)19-8-11)16-13(17)6-10-4-2-3-5-10/h7-10H,2-6H2,1H3,(H2,15,18)(H,16,17). The number of hydrogen-bond donors (Lipinski definition) is 2. The molecule has 0 saturated heterocycles. The third-order valence-corrected chi connectivity index (χ3v) is 3.69. The monoisotopic (exact) mass is 264 g/mol. The first-order valence-corrected chi connectivity index (χ1v) is 6.74. The highest BCUT2D eigenvalue weighted by atomic mass is 16.3. The Kier molecular flexibility index (Phi) is 4.24. The third kappa shape index (κ3) is 3.59. The van der Waals surface area contributed by atoms with Gasteiger partial charge >= 0.3 is 0 Å². The third-order valence-electron chi connectivity index (χ3n) is 3.69. The lowest BCUT2D eigenvalue weighted by atomic mass is 10.0. The highest BCUT2D eigenvalue weighted by molar-refractivity contribution is 5.90. The largest absolute Gasteiger partial charge is 0.459 e. The number of carbonyl (C=O) groups excluding carboxylic acids is 2. The predicted octanol–water partition coefficient (Wildman–Crippen LogP) is 2.14. The van der Waals surface area contributed by atoms with Crippen LogP contribution in [0.5, 0.6) is 0 Å². The van der Waals surface area contributed by atoms with Gasteiger partial charge in [0.25, 0.3) is 5.91 Å². The Morgan fingerprint density at radius 3 is 2.74 bits per heavy atom. The molecule has 2 amide bonds. The van der Waals surface area contributed by atoms with Gasteiger partial charge in [-0.1, -0.05) is 12.8 Å². The fraction of sp³-hybridized carbons (Fsp3) is 0.571. The maximum atomic E-state index is 11.9. The van der Waals surface area contributed by atoms with E-state index in [0.29, 0.717) is 12.3 Å². The molecule has 5 heteroatoms. The maximum Gasteiger partial charge on any atom is 0.284 e. The molecule has 3 N–H and O–H groups in total. The highest BCUT2D eigenvalue weighted by Crippen LogP contribution is 2.27. The van der Waals surface area contributed by atoms with Crippen LogP contribution in [0.15, 0.2) is 16.7 Å². The molecule has 0 radical (unpaired) electrons. The zero-order valence-corrected chi connectivity index (χ0v) is 11.1. The zero-order chi connectivity index (χ0) is 13.8. The molecule has 104 valence electrons. The van der Waals surface area contributed by atoms with Gasteiger partial charge in [-0.05, 0) is 31.7 Å². The summed E-state index contributed by atoms with van der Waals surface area (Å²) in [6, 6.07) is 1.40. The fourth-order valence-electron chi connectivity index (χ4n) is 2.57. The minimum atomic E-state index is -0.601. The van der Waals surface area contributed by atoms with Crippen LogP contribution in [0.2, 0.25) is 0 Å². The number of hydrogen-bond acceptors (Lipinski definition) is 3. The molecule has 1 unspecified atom stereocenters. The van der Waals surface area contributed by atoms with E-state index in [1.807, 2.05) is 6.92 Å². The van der Waals surface area contributed by atoms with Gasteiger partial charge in [0.05, 0.1) is 12.3 Å². The lowest BCUT2D eigenvalue weighted by Crippen LogP contribution is -2.27. The molecule has 1 heterocycles. The molecule has 1 aromatic rings. The van der Waals surface area contributed by atoms with Gasteiger partial charge in [0.2, 0.25) is 5.91 Å². The molecule has 2 rings (SSSR count). The summed E-state index contributed by atoms with van der Waals surface area (Å²) < 4.78 is 5.04. The molecule has 0 aromatic carbocycles. The summed E-state index contributed by atoms with van der Waals surface area (Å²) in [5.41, 5.74) is 5.88. The average molecular weight is 264 g/mol. The number of rotatable bonds is 5. The van der Waals surface area contributed by atoms with Crippen molar-refractivity contribution in [2.45, 2.75) is 45.1 Å². The Labute approximate surface area is 112 Å². The number of nitrogens with one attached hydrogen (secondary N) is 1. The minimum absolute atomic E-state index is 0.0567. The minimum Gasteiger partial charge on any atom is -0.459 e. The number of primary amides is 1. The van der Waals surface area contributed by atoms with E-state index in [4.69, 9.17) is 10.2 Å². The number of amides is 2. The van der Waals surface area contributed by atoms with Crippen LogP contribution in [0.1, 0.15) is 61.2 Å². The zero-order valence-electron chi connectivity index (χ0n) is 11.1. The van der Waals surface area contributed by atoms with Crippen molar-refractivity contribution >= 4 is 11.8 Å². The molecular weight excluding hydrogens is 244 g/mol. The Balaban J connectivity index is 1.86. The molecule has 0 spiro atoms. The summed E-state index contributed by atoms with van der Waals surface area (Å²) in [4.78, 5) is 22.8. The predicted molar refractivity (Wildman–Crippen MR) is 70.4 cm³/mol. The molecule has 1 saturated carbocycles. The molecule has 0 aliphatic heterocycles. The van der Waals surface area contributed by atoms with E-state index in [1.54, 1.807) is 6.07 Å². The summed E-state index contributed by atoms with van der Waals surface area (Å²) >= 11 is 0. The number of carbonyl (C=O) groups is 2. The van der Waals surface area contributed by atoms with E-state index in [-0.39, 0.29) is 17.7 Å². The SMILES string of the molecule is CC(NC(=O)CC1CCCC1)c1coc(C(N)=O)c1. The molecule has 1 fully saturated rings. The van der Waals surface area contributed by atoms with Gasteiger partial charge in [0.1, 0.15) is 0 Å². The molecule has 19 heavy (non-hydrogen) atoms. The van der Waals surface area contributed by atoms with Crippen molar-refractivity contribution in [3.63, 3.8) is 0 Å². The maximum absolute atomic E-state index is 11.9. The van der Waals surface area contributed by atoms with Gasteiger partial charge in [-0.25, -0.2) is 0 Å². The van der Waals surface area contributed by atoms with Crippen molar-refractivity contribution in [1.29, 1.82) is 0 Å². The molecule has 0 bridgehead atoms. The second kappa shape index (κ2) is 5.91. The van der Waals surface area contributed by atoms with Crippen molar-refractivity contribution in [2.24, 2.45) is 11.7 Å². The average Bonchev–Trinajstić information content (AvgIpc) is 2.98. The second-order valence-corrected chi connectivity index (χ2v) is 5.25. The summed E-state index contributed by atoms with van der Waals surface area (Å²) in [7, 11) is 0. The highest BCUT2D eigenvalue weighted by Gasteiger charge is 2.20. The van der Waals surface area contributed by atoms with Gasteiger partial charge in [-0.2, -0.15) is 0 Å². The first-order chi connectivity index (χ1) is 9.06. The van der Waals surface area contributed by atoms with Gasteiger partial charge < -0.3 is 15.5 Å². The van der Waals surface area contributed by atoms with Crippen molar-refractivity contribution in [2.75, 3.05) is 0 Å². The summed E-state index contributed by atoms with van der Waals surface area (Å²) in [5, 5.41) is 2.92. The lowest BCUT2D eigenvalue weighted by Gasteiger charge is -2.14. The van der Waals surface area contributed by atoms with Crippen molar-refractivity contribution < 1.29 is 14.0 Å². The Hall–Kier alpha value is -1.78. The van der Waals surface area contributed by atoms with Crippen molar-refractivity contribution in [3.8, 4) is 0 Å². The second-order valence-electron chi connectivity index (χ2n) is 5.25. The Morgan fingerprint density at radius 1 is 1.47 bits per heavy atom. The summed E-state index contributed by atoms with van der Waals surface area (Å²) in [6.45, 7) is 1.86. The molecule has 1 aliphatic carbocycles. The normalized spacial score (nSPS) is 17.3. The summed E-state index contributed by atoms with van der Waals surface area (Å²) in [5.74, 6) is 0.0987. The van der Waals surface area contributed by atoms with E-state index in [9.17, 15) is 9.59 Å².